The zero-order valence-electron chi connectivity index (χ0n) is 21.0. The molecule has 1 aromatic rings. The number of aliphatic hydroxyl groups is 1. The van der Waals surface area contributed by atoms with E-state index in [9.17, 15) is 5.11 Å². The van der Waals surface area contributed by atoms with E-state index in [0.717, 1.165) is 56.8 Å². The van der Waals surface area contributed by atoms with Crippen molar-refractivity contribution in [2.45, 2.75) is 85.2 Å². The number of nitrogens with two attached hydrogens (primary N) is 1. The SMILES string of the molecule is CC(=CCN1C[NH+](C)c2ncnc(N)c21)CCCC(C)(O)CCC1(C)C(C)=CCCC1C. The van der Waals surface area contributed by atoms with Crippen LogP contribution in [0.4, 0.5) is 17.3 Å². The van der Waals surface area contributed by atoms with Crippen LogP contribution < -0.4 is 15.5 Å². The van der Waals surface area contributed by atoms with Crippen LogP contribution >= 0.6 is 0 Å². The van der Waals surface area contributed by atoms with Gasteiger partial charge < -0.3 is 15.7 Å². The van der Waals surface area contributed by atoms with E-state index in [-0.39, 0.29) is 5.41 Å². The Balaban J connectivity index is 1.47. The largest absolute Gasteiger partial charge is 0.390 e. The molecule has 1 aromatic heterocycles. The number of nitrogens with zero attached hydrogens (tertiary/aromatic N) is 3. The lowest BCUT2D eigenvalue weighted by Gasteiger charge is -2.42. The van der Waals surface area contributed by atoms with Crippen molar-refractivity contribution < 1.29 is 10.0 Å². The van der Waals surface area contributed by atoms with Crippen LogP contribution in [0.15, 0.2) is 29.6 Å². The van der Waals surface area contributed by atoms with Crippen LogP contribution in [0.25, 0.3) is 0 Å². The highest BCUT2D eigenvalue weighted by Gasteiger charge is 2.36. The Morgan fingerprint density at radius 2 is 2.16 bits per heavy atom. The van der Waals surface area contributed by atoms with Crippen molar-refractivity contribution in [2.75, 3.05) is 30.9 Å². The fourth-order valence-electron chi connectivity index (χ4n) is 5.32. The molecule has 6 heteroatoms. The van der Waals surface area contributed by atoms with E-state index in [1.165, 1.54) is 28.9 Å². The average Bonchev–Trinajstić information content (AvgIpc) is 3.06. The van der Waals surface area contributed by atoms with E-state index in [1.807, 2.05) is 6.92 Å². The topological polar surface area (TPSA) is 79.7 Å². The summed E-state index contributed by atoms with van der Waals surface area (Å²) in [7, 11) is 2.11. The number of allylic oxidation sites excluding steroid dienone is 3. The van der Waals surface area contributed by atoms with E-state index < -0.39 is 5.60 Å². The summed E-state index contributed by atoms with van der Waals surface area (Å²) in [5.74, 6) is 2.22. The zero-order chi connectivity index (χ0) is 23.5. The van der Waals surface area contributed by atoms with Gasteiger partial charge in [0.1, 0.15) is 6.33 Å². The molecule has 3 rings (SSSR count). The van der Waals surface area contributed by atoms with Crippen molar-refractivity contribution in [3.63, 3.8) is 0 Å². The van der Waals surface area contributed by atoms with E-state index in [2.05, 4.69) is 61.8 Å². The fourth-order valence-corrected chi connectivity index (χ4v) is 5.32. The summed E-state index contributed by atoms with van der Waals surface area (Å²) < 4.78 is 0. The molecular weight excluding hydrogens is 398 g/mol. The predicted molar refractivity (Wildman–Crippen MR) is 133 cm³/mol. The monoisotopic (exact) mass is 442 g/mol. The second-order valence-corrected chi connectivity index (χ2v) is 10.8. The van der Waals surface area contributed by atoms with Gasteiger partial charge in [-0.05, 0) is 77.0 Å². The Kier molecular flexibility index (Phi) is 7.66. The molecule has 4 unspecified atom stereocenters. The van der Waals surface area contributed by atoms with Crippen LogP contribution in [0.1, 0.15) is 79.6 Å². The third kappa shape index (κ3) is 5.52. The van der Waals surface area contributed by atoms with E-state index in [0.29, 0.717) is 11.7 Å². The molecule has 178 valence electrons. The fraction of sp³-hybridized carbons (Fsp3) is 0.692. The lowest BCUT2D eigenvalue weighted by molar-refractivity contribution is -0.805. The van der Waals surface area contributed by atoms with Gasteiger partial charge in [0.15, 0.2) is 18.2 Å². The summed E-state index contributed by atoms with van der Waals surface area (Å²) in [6.07, 6.45) is 13.5. The van der Waals surface area contributed by atoms with Crippen LogP contribution in [-0.4, -0.2) is 40.9 Å². The number of fused-ring (bicyclic) bond motifs is 1. The molecule has 0 saturated heterocycles. The molecular formula is C26H44N5O+. The first-order valence-electron chi connectivity index (χ1n) is 12.3. The van der Waals surface area contributed by atoms with E-state index >= 15 is 0 Å². The number of nitrogen functional groups attached to an aromatic ring is 1. The summed E-state index contributed by atoms with van der Waals surface area (Å²) >= 11 is 0. The van der Waals surface area contributed by atoms with Crippen molar-refractivity contribution in [3.05, 3.63) is 29.6 Å². The van der Waals surface area contributed by atoms with Crippen LogP contribution in [0.5, 0.6) is 0 Å². The first-order chi connectivity index (χ1) is 15.0. The highest BCUT2D eigenvalue weighted by molar-refractivity contribution is 5.73. The Bertz CT molecular complexity index is 862. The Morgan fingerprint density at radius 1 is 1.41 bits per heavy atom. The minimum Gasteiger partial charge on any atom is -0.390 e. The van der Waals surface area contributed by atoms with Crippen molar-refractivity contribution in [2.24, 2.45) is 11.3 Å². The quantitative estimate of drug-likeness (QED) is 0.504. The number of aromatic nitrogens is 2. The van der Waals surface area contributed by atoms with Crippen molar-refractivity contribution >= 4 is 17.3 Å². The molecule has 1 aliphatic carbocycles. The normalized spacial score (nSPS) is 27.8. The maximum Gasteiger partial charge on any atom is 0.256 e. The minimum atomic E-state index is -0.605. The maximum atomic E-state index is 11.0. The van der Waals surface area contributed by atoms with Crippen molar-refractivity contribution in [1.29, 1.82) is 0 Å². The van der Waals surface area contributed by atoms with Crippen LogP contribution in [0.3, 0.4) is 0 Å². The van der Waals surface area contributed by atoms with Gasteiger partial charge in [0.25, 0.3) is 5.82 Å². The van der Waals surface area contributed by atoms with Crippen LogP contribution in [0.2, 0.25) is 0 Å². The van der Waals surface area contributed by atoms with Gasteiger partial charge in [-0.25, -0.2) is 4.98 Å². The number of nitrogens with one attached hydrogen (secondary N) is 1. The molecule has 0 fully saturated rings. The molecule has 0 amide bonds. The molecule has 0 radical (unpaired) electrons. The van der Waals surface area contributed by atoms with Gasteiger partial charge in [0.2, 0.25) is 0 Å². The second-order valence-electron chi connectivity index (χ2n) is 10.8. The van der Waals surface area contributed by atoms with Crippen molar-refractivity contribution in [3.8, 4) is 0 Å². The number of quaternary nitrogens is 1. The standard InChI is InChI=1S/C26H43N5O/c1-19(12-16-31-18-30(6)24-22(31)23(27)28-17-29-24)9-8-13-25(4,32)14-15-26(5)20(2)10-7-11-21(26)3/h10,12,17,21,32H,7-9,11,13-16,18H2,1-6H3,(H2,27,28,29)/p+1. The second kappa shape index (κ2) is 9.92. The number of anilines is 2. The number of hydrogen-bond donors (Lipinski definition) is 3. The third-order valence-corrected chi connectivity index (χ3v) is 8.17. The van der Waals surface area contributed by atoms with Gasteiger partial charge in [-0.2, -0.15) is 4.98 Å². The van der Waals surface area contributed by atoms with Gasteiger partial charge in [-0.3, -0.25) is 4.90 Å². The molecule has 2 heterocycles. The van der Waals surface area contributed by atoms with Crippen molar-refractivity contribution in [1.82, 2.24) is 9.97 Å². The Labute approximate surface area is 194 Å². The van der Waals surface area contributed by atoms with Gasteiger partial charge in [-0.15, -0.1) is 0 Å². The van der Waals surface area contributed by atoms with Gasteiger partial charge >= 0.3 is 0 Å². The predicted octanol–water partition coefficient (Wildman–Crippen LogP) is 4.01. The molecule has 1 aliphatic heterocycles. The van der Waals surface area contributed by atoms with Gasteiger partial charge in [0.05, 0.1) is 12.6 Å². The zero-order valence-corrected chi connectivity index (χ0v) is 21.0. The number of hydrogen-bond acceptors (Lipinski definition) is 5. The third-order valence-electron chi connectivity index (χ3n) is 8.17. The summed E-state index contributed by atoms with van der Waals surface area (Å²) in [6.45, 7) is 12.9. The van der Waals surface area contributed by atoms with Crippen LogP contribution in [0, 0.1) is 11.3 Å². The minimum absolute atomic E-state index is 0.227. The van der Waals surface area contributed by atoms with E-state index in [4.69, 9.17) is 5.73 Å². The smallest absolute Gasteiger partial charge is 0.256 e. The molecule has 4 atom stereocenters. The van der Waals surface area contributed by atoms with Gasteiger partial charge in [-0.1, -0.05) is 37.1 Å². The summed E-state index contributed by atoms with van der Waals surface area (Å²) in [6, 6.07) is 0. The maximum absolute atomic E-state index is 11.0. The summed E-state index contributed by atoms with van der Waals surface area (Å²) in [4.78, 5) is 12.1. The van der Waals surface area contributed by atoms with Crippen LogP contribution in [-0.2, 0) is 0 Å². The molecule has 32 heavy (non-hydrogen) atoms. The molecule has 6 nitrogen and oxygen atoms in total. The molecule has 2 aliphatic rings. The summed E-state index contributed by atoms with van der Waals surface area (Å²) in [5.41, 5.74) is 9.56. The Morgan fingerprint density at radius 3 is 2.88 bits per heavy atom. The number of rotatable bonds is 9. The molecule has 4 N–H and O–H groups in total. The summed E-state index contributed by atoms with van der Waals surface area (Å²) in [5, 5.41) is 11.0. The first-order valence-corrected chi connectivity index (χ1v) is 12.3. The average molecular weight is 443 g/mol. The highest BCUT2D eigenvalue weighted by Crippen LogP contribution is 2.46. The highest BCUT2D eigenvalue weighted by atomic mass is 16.3. The lowest BCUT2D eigenvalue weighted by atomic mass is 9.64. The molecule has 0 aromatic carbocycles. The molecule has 0 saturated carbocycles. The molecule has 0 spiro atoms. The van der Waals surface area contributed by atoms with E-state index in [1.54, 1.807) is 6.33 Å². The molecule has 0 bridgehead atoms. The first kappa shape index (κ1) is 24.7. The Hall–Kier alpha value is -1.92. The van der Waals surface area contributed by atoms with Gasteiger partial charge in [0, 0.05) is 6.54 Å². The lowest BCUT2D eigenvalue weighted by Crippen LogP contribution is -3.03.